The standard InChI is InChI=1S/C15H16FNO/c1-10-3-6-13(17-9-10)8-15(18)14-7-12(16)5-4-11(14)2/h3-7,9,15,18H,8H2,1-2H3. The first-order chi connectivity index (χ1) is 8.56. The SMILES string of the molecule is Cc1ccc(CC(O)c2cc(F)ccc2C)nc1. The van der Waals surface area contributed by atoms with E-state index in [4.69, 9.17) is 0 Å². The van der Waals surface area contributed by atoms with Gasteiger partial charge in [0.2, 0.25) is 0 Å². The molecule has 1 atom stereocenters. The molecule has 1 unspecified atom stereocenters. The quantitative estimate of drug-likeness (QED) is 0.901. The van der Waals surface area contributed by atoms with Gasteiger partial charge in [0.15, 0.2) is 0 Å². The van der Waals surface area contributed by atoms with Crippen molar-refractivity contribution in [1.29, 1.82) is 0 Å². The van der Waals surface area contributed by atoms with Gasteiger partial charge in [-0.05, 0) is 48.7 Å². The number of aryl methyl sites for hydroxylation is 2. The summed E-state index contributed by atoms with van der Waals surface area (Å²) in [6, 6.07) is 8.29. The van der Waals surface area contributed by atoms with Crippen LogP contribution in [0.4, 0.5) is 4.39 Å². The summed E-state index contributed by atoms with van der Waals surface area (Å²) < 4.78 is 13.2. The average molecular weight is 245 g/mol. The minimum absolute atomic E-state index is 0.327. The Kier molecular flexibility index (Phi) is 3.72. The smallest absolute Gasteiger partial charge is 0.123 e. The van der Waals surface area contributed by atoms with E-state index in [2.05, 4.69) is 4.98 Å². The normalized spacial score (nSPS) is 12.4. The van der Waals surface area contributed by atoms with Crippen LogP contribution in [0.2, 0.25) is 0 Å². The Morgan fingerprint density at radius 1 is 1.22 bits per heavy atom. The Balaban J connectivity index is 2.18. The molecule has 1 aromatic heterocycles. The number of rotatable bonds is 3. The summed E-state index contributed by atoms with van der Waals surface area (Å²) in [5.74, 6) is -0.327. The van der Waals surface area contributed by atoms with Crippen molar-refractivity contribution in [1.82, 2.24) is 4.98 Å². The molecule has 0 aliphatic heterocycles. The third-order valence-corrected chi connectivity index (χ3v) is 2.98. The van der Waals surface area contributed by atoms with E-state index in [1.165, 1.54) is 12.1 Å². The van der Waals surface area contributed by atoms with Gasteiger partial charge in [-0.1, -0.05) is 12.1 Å². The van der Waals surface area contributed by atoms with Crippen molar-refractivity contribution in [3.8, 4) is 0 Å². The number of benzene rings is 1. The fraction of sp³-hybridized carbons (Fsp3) is 0.267. The van der Waals surface area contributed by atoms with E-state index in [9.17, 15) is 9.50 Å². The molecule has 18 heavy (non-hydrogen) atoms. The van der Waals surface area contributed by atoms with E-state index in [0.717, 1.165) is 16.8 Å². The molecule has 0 fully saturated rings. The molecule has 0 radical (unpaired) electrons. The molecule has 1 aromatic carbocycles. The first-order valence-corrected chi connectivity index (χ1v) is 5.92. The Bertz CT molecular complexity index is 537. The largest absolute Gasteiger partial charge is 0.388 e. The van der Waals surface area contributed by atoms with Crippen molar-refractivity contribution < 1.29 is 9.50 Å². The van der Waals surface area contributed by atoms with Crippen molar-refractivity contribution >= 4 is 0 Å². The summed E-state index contributed by atoms with van der Waals surface area (Å²) in [6.45, 7) is 3.82. The number of aromatic nitrogens is 1. The van der Waals surface area contributed by atoms with Crippen molar-refractivity contribution in [2.75, 3.05) is 0 Å². The van der Waals surface area contributed by atoms with Gasteiger partial charge in [-0.15, -0.1) is 0 Å². The van der Waals surface area contributed by atoms with Gasteiger partial charge < -0.3 is 5.11 Å². The topological polar surface area (TPSA) is 33.1 Å². The number of hydrogen-bond donors (Lipinski definition) is 1. The summed E-state index contributed by atoms with van der Waals surface area (Å²) in [5, 5.41) is 10.1. The molecule has 0 amide bonds. The predicted molar refractivity (Wildman–Crippen MR) is 68.8 cm³/mol. The number of hydrogen-bond acceptors (Lipinski definition) is 2. The van der Waals surface area contributed by atoms with Gasteiger partial charge >= 0.3 is 0 Å². The van der Waals surface area contributed by atoms with Crippen LogP contribution in [0.1, 0.15) is 28.5 Å². The third kappa shape index (κ3) is 2.93. The van der Waals surface area contributed by atoms with Crippen LogP contribution in [0, 0.1) is 19.7 Å². The minimum atomic E-state index is -0.726. The van der Waals surface area contributed by atoms with E-state index >= 15 is 0 Å². The zero-order valence-electron chi connectivity index (χ0n) is 10.5. The molecule has 94 valence electrons. The Hall–Kier alpha value is -1.74. The van der Waals surface area contributed by atoms with Crippen LogP contribution >= 0.6 is 0 Å². The van der Waals surface area contributed by atoms with Gasteiger partial charge in [-0.25, -0.2) is 4.39 Å². The maximum atomic E-state index is 13.2. The Labute approximate surface area is 106 Å². The fourth-order valence-corrected chi connectivity index (χ4v) is 1.90. The second-order valence-electron chi connectivity index (χ2n) is 4.55. The molecule has 2 rings (SSSR count). The summed E-state index contributed by atoms with van der Waals surface area (Å²) in [6.07, 6.45) is 1.43. The second-order valence-corrected chi connectivity index (χ2v) is 4.55. The molecule has 0 bridgehead atoms. The van der Waals surface area contributed by atoms with Gasteiger partial charge in [0.25, 0.3) is 0 Å². The van der Waals surface area contributed by atoms with Gasteiger partial charge in [0, 0.05) is 18.3 Å². The predicted octanol–water partition coefficient (Wildman–Crippen LogP) is 3.11. The van der Waals surface area contributed by atoms with Gasteiger partial charge in [0.05, 0.1) is 6.10 Å². The van der Waals surface area contributed by atoms with Crippen LogP contribution in [-0.4, -0.2) is 10.1 Å². The molecule has 1 N–H and O–H groups in total. The van der Waals surface area contributed by atoms with Crippen LogP contribution in [-0.2, 0) is 6.42 Å². The summed E-state index contributed by atoms with van der Waals surface area (Å²) in [5.41, 5.74) is 3.39. The highest BCUT2D eigenvalue weighted by molar-refractivity contribution is 5.29. The molecule has 0 saturated carbocycles. The molecule has 0 aliphatic rings. The average Bonchev–Trinajstić information content (AvgIpc) is 2.35. The molecular formula is C15H16FNO. The van der Waals surface area contributed by atoms with Gasteiger partial charge in [0.1, 0.15) is 5.82 Å². The van der Waals surface area contributed by atoms with E-state index in [0.29, 0.717) is 12.0 Å². The van der Waals surface area contributed by atoms with E-state index in [-0.39, 0.29) is 5.82 Å². The molecule has 1 heterocycles. The highest BCUT2D eigenvalue weighted by Gasteiger charge is 2.12. The van der Waals surface area contributed by atoms with Crippen LogP contribution in [0.3, 0.4) is 0 Å². The first kappa shape index (κ1) is 12.7. The zero-order valence-corrected chi connectivity index (χ0v) is 10.5. The maximum absolute atomic E-state index is 13.2. The summed E-state index contributed by atoms with van der Waals surface area (Å²) in [7, 11) is 0. The lowest BCUT2D eigenvalue weighted by Crippen LogP contribution is -2.05. The molecule has 2 aromatic rings. The summed E-state index contributed by atoms with van der Waals surface area (Å²) >= 11 is 0. The lowest BCUT2D eigenvalue weighted by molar-refractivity contribution is 0.176. The molecule has 0 aliphatic carbocycles. The lowest BCUT2D eigenvalue weighted by Gasteiger charge is -2.13. The number of aliphatic hydroxyl groups is 1. The Morgan fingerprint density at radius 2 is 2.00 bits per heavy atom. The van der Waals surface area contributed by atoms with Crippen molar-refractivity contribution in [3.05, 3.63) is 64.7 Å². The van der Waals surface area contributed by atoms with Crippen LogP contribution < -0.4 is 0 Å². The van der Waals surface area contributed by atoms with Crippen LogP contribution in [0.5, 0.6) is 0 Å². The molecule has 3 heteroatoms. The first-order valence-electron chi connectivity index (χ1n) is 5.92. The van der Waals surface area contributed by atoms with E-state index in [1.807, 2.05) is 26.0 Å². The lowest BCUT2D eigenvalue weighted by atomic mass is 9.99. The number of pyridine rings is 1. The van der Waals surface area contributed by atoms with E-state index in [1.54, 1.807) is 12.3 Å². The summed E-state index contributed by atoms with van der Waals surface area (Å²) in [4.78, 5) is 4.24. The number of nitrogens with zero attached hydrogens (tertiary/aromatic N) is 1. The minimum Gasteiger partial charge on any atom is -0.388 e. The zero-order chi connectivity index (χ0) is 13.1. The van der Waals surface area contributed by atoms with Crippen LogP contribution in [0.25, 0.3) is 0 Å². The van der Waals surface area contributed by atoms with Gasteiger partial charge in [-0.2, -0.15) is 0 Å². The highest BCUT2D eigenvalue weighted by atomic mass is 19.1. The van der Waals surface area contributed by atoms with Gasteiger partial charge in [-0.3, -0.25) is 4.98 Å². The van der Waals surface area contributed by atoms with Crippen molar-refractivity contribution in [3.63, 3.8) is 0 Å². The molecular weight excluding hydrogens is 229 g/mol. The van der Waals surface area contributed by atoms with Crippen molar-refractivity contribution in [2.24, 2.45) is 0 Å². The van der Waals surface area contributed by atoms with Crippen molar-refractivity contribution in [2.45, 2.75) is 26.4 Å². The monoisotopic (exact) mass is 245 g/mol. The maximum Gasteiger partial charge on any atom is 0.123 e. The molecule has 0 spiro atoms. The molecule has 2 nitrogen and oxygen atoms in total. The second kappa shape index (κ2) is 5.27. The molecule has 0 saturated heterocycles. The highest BCUT2D eigenvalue weighted by Crippen LogP contribution is 2.22. The number of aliphatic hydroxyl groups excluding tert-OH is 1. The Morgan fingerprint density at radius 3 is 2.67 bits per heavy atom. The third-order valence-electron chi connectivity index (χ3n) is 2.98. The van der Waals surface area contributed by atoms with E-state index < -0.39 is 6.10 Å². The van der Waals surface area contributed by atoms with Crippen LogP contribution in [0.15, 0.2) is 36.5 Å². The fourth-order valence-electron chi connectivity index (χ4n) is 1.90. The number of halogens is 1.